The van der Waals surface area contributed by atoms with Gasteiger partial charge in [0.1, 0.15) is 6.07 Å². The number of piperidine rings is 1. The quantitative estimate of drug-likeness (QED) is 0.776. The molecule has 1 fully saturated rings. The maximum atomic E-state index is 13.4. The van der Waals surface area contributed by atoms with Crippen molar-refractivity contribution in [2.24, 2.45) is 0 Å². The molecular formula is C23H28N4O3. The van der Waals surface area contributed by atoms with Gasteiger partial charge < -0.3 is 19.9 Å². The van der Waals surface area contributed by atoms with Gasteiger partial charge in [0.25, 0.3) is 5.91 Å². The summed E-state index contributed by atoms with van der Waals surface area (Å²) < 4.78 is 6.33. The van der Waals surface area contributed by atoms with E-state index in [4.69, 9.17) is 10.5 Å². The number of aromatic nitrogens is 1. The fourth-order valence-electron chi connectivity index (χ4n) is 4.56. The third kappa shape index (κ3) is 3.54. The number of nitrogen functional groups attached to an aromatic ring is 1. The van der Waals surface area contributed by atoms with Crippen LogP contribution in [0.5, 0.6) is 0 Å². The van der Waals surface area contributed by atoms with E-state index in [2.05, 4.69) is 27.7 Å². The Morgan fingerprint density at radius 1 is 1.10 bits per heavy atom. The highest BCUT2D eigenvalue weighted by Crippen LogP contribution is 2.39. The molecule has 0 spiro atoms. The monoisotopic (exact) mass is 408 g/mol. The first-order chi connectivity index (χ1) is 14.0. The minimum absolute atomic E-state index is 0.0193. The number of likely N-dealkylation sites (tertiary alicyclic amines) is 1. The minimum Gasteiger partial charge on any atom is -0.464 e. The largest absolute Gasteiger partial charge is 0.464 e. The van der Waals surface area contributed by atoms with Gasteiger partial charge in [0.15, 0.2) is 5.69 Å². The molecule has 30 heavy (non-hydrogen) atoms. The smallest absolute Gasteiger partial charge is 0.357 e. The number of anilines is 1. The van der Waals surface area contributed by atoms with Crippen LogP contribution < -0.4 is 5.73 Å². The Bertz CT molecular complexity index is 1010. The third-order valence-electron chi connectivity index (χ3n) is 5.93. The minimum atomic E-state index is -0.633. The maximum Gasteiger partial charge on any atom is 0.357 e. The molecule has 1 aliphatic heterocycles. The second-order valence-corrected chi connectivity index (χ2v) is 8.94. The second-order valence-electron chi connectivity index (χ2n) is 8.94. The van der Waals surface area contributed by atoms with Crippen molar-refractivity contribution in [3.63, 3.8) is 0 Å². The first-order valence-electron chi connectivity index (χ1n) is 9.98. The van der Waals surface area contributed by atoms with E-state index < -0.39 is 5.97 Å². The highest BCUT2D eigenvalue weighted by molar-refractivity contribution is 5.97. The molecule has 0 saturated carbocycles. The average molecular weight is 409 g/mol. The molecule has 3 rings (SSSR count). The number of nitrogens with zero attached hydrogens (tertiary/aromatic N) is 3. The molecule has 1 aromatic heterocycles. The van der Waals surface area contributed by atoms with Crippen LogP contribution in [-0.4, -0.2) is 39.5 Å². The molecular weight excluding hydrogens is 380 g/mol. The van der Waals surface area contributed by atoms with Gasteiger partial charge in [0.05, 0.1) is 18.4 Å². The van der Waals surface area contributed by atoms with Crippen molar-refractivity contribution in [2.75, 3.05) is 12.8 Å². The fourth-order valence-corrected chi connectivity index (χ4v) is 4.56. The number of benzene rings is 1. The number of nitrogens with two attached hydrogens (primary N) is 1. The van der Waals surface area contributed by atoms with E-state index in [-0.39, 0.29) is 33.9 Å². The van der Waals surface area contributed by atoms with Gasteiger partial charge in [0, 0.05) is 28.5 Å². The fraction of sp³-hybridized carbons (Fsp3) is 0.435. The molecule has 0 atom stereocenters. The normalized spacial score (nSPS) is 17.3. The molecule has 7 heteroatoms. The number of nitriles is 1. The number of ether oxygens (including phenoxy) is 1. The molecule has 1 aliphatic rings. The van der Waals surface area contributed by atoms with Crippen LogP contribution in [0.4, 0.5) is 5.69 Å². The van der Waals surface area contributed by atoms with Gasteiger partial charge in [-0.2, -0.15) is 5.26 Å². The summed E-state index contributed by atoms with van der Waals surface area (Å²) in [5.41, 5.74) is 7.03. The predicted octanol–water partition coefficient (Wildman–Crippen LogP) is 3.90. The topological polar surface area (TPSA) is 101 Å². The number of amides is 1. The van der Waals surface area contributed by atoms with Crippen molar-refractivity contribution in [3.05, 3.63) is 47.3 Å². The van der Waals surface area contributed by atoms with Crippen LogP contribution in [-0.2, 0) is 4.74 Å². The lowest BCUT2D eigenvalue weighted by molar-refractivity contribution is -0.0111. The lowest BCUT2D eigenvalue weighted by Crippen LogP contribution is -2.60. The number of carbonyl (C=O) groups excluding carboxylic acids is 2. The lowest BCUT2D eigenvalue weighted by atomic mass is 9.79. The Hall–Kier alpha value is -3.27. The van der Waals surface area contributed by atoms with E-state index in [1.54, 1.807) is 24.3 Å². The van der Waals surface area contributed by atoms with Crippen molar-refractivity contribution >= 4 is 17.6 Å². The van der Waals surface area contributed by atoms with Gasteiger partial charge in [0.2, 0.25) is 0 Å². The molecule has 0 bridgehead atoms. The Labute approximate surface area is 177 Å². The van der Waals surface area contributed by atoms with E-state index in [9.17, 15) is 14.9 Å². The summed E-state index contributed by atoms with van der Waals surface area (Å²) >= 11 is 0. The van der Waals surface area contributed by atoms with E-state index in [0.29, 0.717) is 11.3 Å². The molecule has 2 heterocycles. The van der Waals surface area contributed by atoms with Crippen molar-refractivity contribution < 1.29 is 14.3 Å². The molecule has 0 unspecified atom stereocenters. The standard InChI is InChI=1S/C23H28N4O3/c1-22(2)11-6-12-23(3,4)27(22)20(28)15-7-9-17(10-8-15)26-14-16(13-24)18(25)19(26)21(29)30-5/h7-10,14H,6,11-12,25H2,1-5H3. The van der Waals surface area contributed by atoms with Crippen LogP contribution in [0.25, 0.3) is 5.69 Å². The highest BCUT2D eigenvalue weighted by atomic mass is 16.5. The zero-order valence-electron chi connectivity index (χ0n) is 18.2. The summed E-state index contributed by atoms with van der Waals surface area (Å²) in [6.07, 6.45) is 4.51. The van der Waals surface area contributed by atoms with Crippen LogP contribution in [0.15, 0.2) is 30.5 Å². The summed E-state index contributed by atoms with van der Waals surface area (Å²) in [5.74, 6) is -0.653. The molecule has 0 radical (unpaired) electrons. The van der Waals surface area contributed by atoms with Crippen molar-refractivity contribution in [3.8, 4) is 11.8 Å². The molecule has 1 aromatic carbocycles. The van der Waals surface area contributed by atoms with Crippen molar-refractivity contribution in [1.29, 1.82) is 5.26 Å². The number of esters is 1. The van der Waals surface area contributed by atoms with E-state index in [0.717, 1.165) is 19.3 Å². The number of rotatable bonds is 3. The molecule has 1 amide bonds. The van der Waals surface area contributed by atoms with Crippen LogP contribution in [0.3, 0.4) is 0 Å². The Balaban J connectivity index is 1.99. The van der Waals surface area contributed by atoms with Gasteiger partial charge in [-0.1, -0.05) is 0 Å². The summed E-state index contributed by atoms with van der Waals surface area (Å²) in [4.78, 5) is 27.6. The Morgan fingerprint density at radius 3 is 2.17 bits per heavy atom. The summed E-state index contributed by atoms with van der Waals surface area (Å²) in [6, 6.07) is 8.94. The Kier molecular flexibility index (Phi) is 5.38. The van der Waals surface area contributed by atoms with Crippen molar-refractivity contribution in [2.45, 2.75) is 58.0 Å². The molecule has 2 N–H and O–H groups in total. The zero-order valence-corrected chi connectivity index (χ0v) is 18.2. The predicted molar refractivity (Wildman–Crippen MR) is 114 cm³/mol. The van der Waals surface area contributed by atoms with E-state index >= 15 is 0 Å². The molecule has 1 saturated heterocycles. The van der Waals surface area contributed by atoms with Crippen LogP contribution in [0.1, 0.15) is 73.4 Å². The maximum absolute atomic E-state index is 13.4. The SMILES string of the molecule is COC(=O)c1c(N)c(C#N)cn1-c1ccc(C(=O)N2C(C)(C)CCCC2(C)C)cc1. The van der Waals surface area contributed by atoms with Gasteiger partial charge in [-0.25, -0.2) is 4.79 Å². The number of hydrogen-bond donors (Lipinski definition) is 1. The van der Waals surface area contributed by atoms with Crippen LogP contribution in [0.2, 0.25) is 0 Å². The highest BCUT2D eigenvalue weighted by Gasteiger charge is 2.44. The summed E-state index contributed by atoms with van der Waals surface area (Å²) in [5, 5.41) is 9.27. The molecule has 7 nitrogen and oxygen atoms in total. The van der Waals surface area contributed by atoms with Gasteiger partial charge in [-0.15, -0.1) is 0 Å². The van der Waals surface area contributed by atoms with Gasteiger partial charge in [-0.05, 0) is 71.2 Å². The van der Waals surface area contributed by atoms with Crippen LogP contribution in [0, 0.1) is 11.3 Å². The average Bonchev–Trinajstić information content (AvgIpc) is 3.02. The molecule has 0 aliphatic carbocycles. The summed E-state index contributed by atoms with van der Waals surface area (Å²) in [7, 11) is 1.26. The number of hydrogen-bond acceptors (Lipinski definition) is 5. The van der Waals surface area contributed by atoms with Crippen LogP contribution >= 0.6 is 0 Å². The summed E-state index contributed by atoms with van der Waals surface area (Å²) in [6.45, 7) is 8.42. The zero-order chi connectivity index (χ0) is 22.3. The molecule has 158 valence electrons. The first-order valence-corrected chi connectivity index (χ1v) is 9.98. The van der Waals surface area contributed by atoms with Crippen molar-refractivity contribution in [1.82, 2.24) is 9.47 Å². The van der Waals surface area contributed by atoms with Gasteiger partial charge >= 0.3 is 5.97 Å². The number of methoxy groups -OCH3 is 1. The van der Waals surface area contributed by atoms with Gasteiger partial charge in [-0.3, -0.25) is 4.79 Å². The first kappa shape index (κ1) is 21.4. The number of carbonyl (C=O) groups is 2. The Morgan fingerprint density at radius 2 is 1.67 bits per heavy atom. The van der Waals surface area contributed by atoms with E-state index in [1.165, 1.54) is 17.9 Å². The lowest BCUT2D eigenvalue weighted by Gasteiger charge is -2.53. The third-order valence-corrected chi connectivity index (χ3v) is 5.93. The molecule has 2 aromatic rings. The second kappa shape index (κ2) is 7.52. The van der Waals surface area contributed by atoms with E-state index in [1.807, 2.05) is 11.0 Å².